The second-order valence-corrected chi connectivity index (χ2v) is 9.67. The van der Waals surface area contributed by atoms with E-state index >= 15 is 0 Å². The molecule has 0 radical (unpaired) electrons. The van der Waals surface area contributed by atoms with Crippen LogP contribution in [0.1, 0.15) is 27.2 Å². The van der Waals surface area contributed by atoms with E-state index in [9.17, 15) is 4.79 Å². The first-order valence-electron chi connectivity index (χ1n) is 8.47. The van der Waals surface area contributed by atoms with Crippen LogP contribution in [0.2, 0.25) is 8.67 Å². The second kappa shape index (κ2) is 7.79. The Kier molecular flexibility index (Phi) is 5.38. The van der Waals surface area contributed by atoms with Gasteiger partial charge in [-0.3, -0.25) is 14.7 Å². The average molecular weight is 448 g/mol. The number of halogens is 2. The number of hydrogen-bond acceptors (Lipinski definition) is 5. The number of thiazole rings is 1. The summed E-state index contributed by atoms with van der Waals surface area (Å²) in [7, 11) is 0. The number of anilines is 1. The molecule has 0 fully saturated rings. The zero-order valence-corrected chi connectivity index (χ0v) is 18.2. The number of benzene rings is 1. The van der Waals surface area contributed by atoms with Crippen molar-refractivity contribution in [2.45, 2.75) is 20.4 Å². The number of hydrogen-bond donors (Lipinski definition) is 0. The molecular formula is C20H15Cl2N3OS2. The van der Waals surface area contributed by atoms with Gasteiger partial charge < -0.3 is 0 Å². The molecule has 8 heteroatoms. The van der Waals surface area contributed by atoms with E-state index in [1.54, 1.807) is 17.2 Å². The number of aryl methyl sites for hydroxylation is 2. The van der Waals surface area contributed by atoms with Crippen LogP contribution in [0.5, 0.6) is 0 Å². The summed E-state index contributed by atoms with van der Waals surface area (Å²) < 4.78 is 1.89. The number of fused-ring (bicyclic) bond motifs is 1. The van der Waals surface area contributed by atoms with Crippen molar-refractivity contribution in [3.63, 3.8) is 0 Å². The Bertz CT molecular complexity index is 1170. The monoisotopic (exact) mass is 447 g/mol. The first-order chi connectivity index (χ1) is 13.4. The SMILES string of the molecule is Cc1cc(C)c2nc(N(Cc3ccccn3)C(=O)c3cc(Cl)sc3Cl)sc2c1. The summed E-state index contributed by atoms with van der Waals surface area (Å²) in [6, 6.07) is 11.4. The fourth-order valence-corrected chi connectivity index (χ4v) is 5.57. The van der Waals surface area contributed by atoms with Crippen LogP contribution in [-0.2, 0) is 6.54 Å². The smallest absolute Gasteiger partial charge is 0.262 e. The maximum atomic E-state index is 13.3. The molecule has 0 spiro atoms. The second-order valence-electron chi connectivity index (χ2n) is 6.38. The van der Waals surface area contributed by atoms with Crippen molar-refractivity contribution < 1.29 is 4.79 Å². The Labute approximate surface area is 180 Å². The summed E-state index contributed by atoms with van der Waals surface area (Å²) >= 11 is 15.0. The molecule has 3 heterocycles. The highest BCUT2D eigenvalue weighted by Gasteiger charge is 2.25. The molecule has 0 saturated heterocycles. The number of thiophene rings is 1. The lowest BCUT2D eigenvalue weighted by atomic mass is 10.1. The molecule has 3 aromatic heterocycles. The molecule has 28 heavy (non-hydrogen) atoms. The fraction of sp³-hybridized carbons (Fsp3) is 0.150. The average Bonchev–Trinajstić information content (AvgIpc) is 3.22. The van der Waals surface area contributed by atoms with Gasteiger partial charge in [0.15, 0.2) is 5.13 Å². The third kappa shape index (κ3) is 3.78. The molecule has 4 nitrogen and oxygen atoms in total. The predicted molar refractivity (Wildman–Crippen MR) is 118 cm³/mol. The van der Waals surface area contributed by atoms with E-state index in [-0.39, 0.29) is 5.91 Å². The summed E-state index contributed by atoms with van der Waals surface area (Å²) in [5.74, 6) is -0.243. The molecule has 0 aliphatic carbocycles. The Morgan fingerprint density at radius 1 is 1.14 bits per heavy atom. The van der Waals surface area contributed by atoms with Crippen LogP contribution >= 0.6 is 45.9 Å². The number of pyridine rings is 1. The van der Waals surface area contributed by atoms with Crippen molar-refractivity contribution in [2.24, 2.45) is 0 Å². The van der Waals surface area contributed by atoms with Crippen molar-refractivity contribution in [3.8, 4) is 0 Å². The Balaban J connectivity index is 1.82. The lowest BCUT2D eigenvalue weighted by molar-refractivity contribution is 0.0985. The van der Waals surface area contributed by atoms with Crippen LogP contribution in [0.15, 0.2) is 42.6 Å². The Hall–Kier alpha value is -1.99. The molecule has 1 amide bonds. The van der Waals surface area contributed by atoms with E-state index in [0.29, 0.717) is 25.9 Å². The first-order valence-corrected chi connectivity index (χ1v) is 10.9. The van der Waals surface area contributed by atoms with Crippen LogP contribution in [0, 0.1) is 13.8 Å². The summed E-state index contributed by atoms with van der Waals surface area (Å²) in [6.45, 7) is 4.37. The molecule has 0 unspecified atom stereocenters. The minimum atomic E-state index is -0.243. The van der Waals surface area contributed by atoms with E-state index in [2.05, 4.69) is 24.0 Å². The van der Waals surface area contributed by atoms with E-state index in [1.165, 1.54) is 22.7 Å². The van der Waals surface area contributed by atoms with Crippen molar-refractivity contribution in [2.75, 3.05) is 4.90 Å². The minimum Gasteiger partial charge on any atom is -0.278 e. The Morgan fingerprint density at radius 3 is 2.64 bits per heavy atom. The number of aromatic nitrogens is 2. The van der Waals surface area contributed by atoms with E-state index in [1.807, 2.05) is 25.1 Å². The molecule has 0 bridgehead atoms. The van der Waals surface area contributed by atoms with Crippen molar-refractivity contribution in [3.05, 3.63) is 73.7 Å². The normalized spacial score (nSPS) is 11.1. The third-order valence-electron chi connectivity index (χ3n) is 4.23. The molecular weight excluding hydrogens is 433 g/mol. The molecule has 0 aliphatic heterocycles. The van der Waals surface area contributed by atoms with Crippen LogP contribution in [0.25, 0.3) is 10.2 Å². The molecule has 1 aromatic carbocycles. The van der Waals surface area contributed by atoms with Crippen molar-refractivity contribution in [1.29, 1.82) is 0 Å². The van der Waals surface area contributed by atoms with Crippen LogP contribution < -0.4 is 4.90 Å². The highest BCUT2D eigenvalue weighted by molar-refractivity contribution is 7.22. The maximum Gasteiger partial charge on any atom is 0.262 e. The summed E-state index contributed by atoms with van der Waals surface area (Å²) in [5.41, 5.74) is 4.29. The molecule has 4 aromatic rings. The van der Waals surface area contributed by atoms with E-state index in [0.717, 1.165) is 27.0 Å². The van der Waals surface area contributed by atoms with Gasteiger partial charge in [-0.1, -0.05) is 46.7 Å². The van der Waals surface area contributed by atoms with Crippen molar-refractivity contribution >= 4 is 67.1 Å². The predicted octanol–water partition coefficient (Wildman–Crippen LogP) is 6.52. The van der Waals surface area contributed by atoms with Gasteiger partial charge in [0.25, 0.3) is 5.91 Å². The molecule has 0 atom stereocenters. The Morgan fingerprint density at radius 2 is 1.96 bits per heavy atom. The highest BCUT2D eigenvalue weighted by Crippen LogP contribution is 2.36. The van der Waals surface area contributed by atoms with Crippen molar-refractivity contribution in [1.82, 2.24) is 9.97 Å². The lowest BCUT2D eigenvalue weighted by Crippen LogP contribution is -2.30. The maximum absolute atomic E-state index is 13.3. The van der Waals surface area contributed by atoms with Crippen LogP contribution in [0.3, 0.4) is 0 Å². The topological polar surface area (TPSA) is 46.1 Å². The van der Waals surface area contributed by atoms with Gasteiger partial charge in [0.1, 0.15) is 4.34 Å². The summed E-state index contributed by atoms with van der Waals surface area (Å²) in [6.07, 6.45) is 1.71. The third-order valence-corrected chi connectivity index (χ3v) is 6.74. The lowest BCUT2D eigenvalue weighted by Gasteiger charge is -2.19. The van der Waals surface area contributed by atoms with Crippen LogP contribution in [0.4, 0.5) is 5.13 Å². The molecule has 0 N–H and O–H groups in total. The quantitative estimate of drug-likeness (QED) is 0.357. The van der Waals surface area contributed by atoms with Gasteiger partial charge in [0.05, 0.1) is 32.4 Å². The first kappa shape index (κ1) is 19.3. The van der Waals surface area contributed by atoms with Gasteiger partial charge in [-0.15, -0.1) is 11.3 Å². The molecule has 0 saturated carbocycles. The van der Waals surface area contributed by atoms with Gasteiger partial charge in [0.2, 0.25) is 0 Å². The number of carbonyl (C=O) groups is 1. The van der Waals surface area contributed by atoms with Gasteiger partial charge in [-0.05, 0) is 49.2 Å². The largest absolute Gasteiger partial charge is 0.278 e. The van der Waals surface area contributed by atoms with Gasteiger partial charge >= 0.3 is 0 Å². The number of rotatable bonds is 4. The summed E-state index contributed by atoms with van der Waals surface area (Å²) in [4.78, 5) is 24.1. The fourth-order valence-electron chi connectivity index (χ4n) is 2.99. The standard InChI is InChI=1S/C20H15Cl2N3OS2/c1-11-7-12(2)17-15(8-11)27-20(24-17)25(10-13-5-3-4-6-23-13)19(26)14-9-16(21)28-18(14)22/h3-9H,10H2,1-2H3. The van der Waals surface area contributed by atoms with Gasteiger partial charge in [-0.25, -0.2) is 4.98 Å². The van der Waals surface area contributed by atoms with E-state index < -0.39 is 0 Å². The highest BCUT2D eigenvalue weighted by atomic mass is 35.5. The van der Waals surface area contributed by atoms with Gasteiger partial charge in [0, 0.05) is 6.20 Å². The number of amides is 1. The number of carbonyl (C=O) groups excluding carboxylic acids is 1. The zero-order valence-electron chi connectivity index (χ0n) is 15.1. The molecule has 4 rings (SSSR count). The molecule has 142 valence electrons. The van der Waals surface area contributed by atoms with Gasteiger partial charge in [-0.2, -0.15) is 0 Å². The minimum absolute atomic E-state index is 0.243. The zero-order chi connectivity index (χ0) is 19.8. The molecule has 0 aliphatic rings. The number of nitrogens with zero attached hydrogens (tertiary/aromatic N) is 3. The van der Waals surface area contributed by atoms with Crippen LogP contribution in [-0.4, -0.2) is 15.9 Å². The van der Waals surface area contributed by atoms with E-state index in [4.69, 9.17) is 28.2 Å². The summed E-state index contributed by atoms with van der Waals surface area (Å²) in [5, 5.41) is 0.609.